The molecule has 15 heavy (non-hydrogen) atoms. The van der Waals surface area contributed by atoms with Crippen molar-refractivity contribution >= 4 is 14.2 Å². The first-order valence-corrected chi connectivity index (χ1v) is 4.54. The molecule has 0 heterocycles. The average molecular weight is 284 g/mol. The van der Waals surface area contributed by atoms with Crippen molar-refractivity contribution in [2.75, 3.05) is 0 Å². The Morgan fingerprint density at radius 1 is 1.13 bits per heavy atom. The van der Waals surface area contributed by atoms with Crippen molar-refractivity contribution in [2.24, 2.45) is 5.41 Å². The van der Waals surface area contributed by atoms with Gasteiger partial charge in [0.25, 0.3) is 0 Å². The third-order valence-corrected chi connectivity index (χ3v) is 1.87. The summed E-state index contributed by atoms with van der Waals surface area (Å²) in [5, 5.41) is 0. The number of carbonyl (C=O) groups excluding carboxylic acids is 1. The molecule has 0 aromatic rings. The van der Waals surface area contributed by atoms with Gasteiger partial charge in [-0.3, -0.25) is 6.54 Å². The van der Waals surface area contributed by atoms with Gasteiger partial charge in [-0.15, -0.1) is 0 Å². The third-order valence-electron chi connectivity index (χ3n) is 1.87. The normalized spacial score (nSPS) is 11.5. The number of hydrogen-bond acceptors (Lipinski definition) is 2. The maximum atomic E-state index is 11.6. The first-order chi connectivity index (χ1) is 5.55. The van der Waals surface area contributed by atoms with Crippen LogP contribution in [0.5, 0.6) is 0 Å². The maximum Gasteiger partial charge on any atom is 0.0379 e. The summed E-state index contributed by atoms with van der Waals surface area (Å²) in [6, 6.07) is 0. The van der Waals surface area contributed by atoms with E-state index in [0.717, 1.165) is 0 Å². The first-order valence-electron chi connectivity index (χ1n) is 4.54. The summed E-state index contributed by atoms with van der Waals surface area (Å²) >= 11 is 0. The second kappa shape index (κ2) is 7.08. The van der Waals surface area contributed by atoms with Crippen LogP contribution >= 0.6 is 0 Å². The molecule has 0 atom stereocenters. The quantitative estimate of drug-likeness (QED) is 0.571. The van der Waals surface area contributed by atoms with Crippen molar-refractivity contribution in [3.05, 3.63) is 13.6 Å². The summed E-state index contributed by atoms with van der Waals surface area (Å²) < 4.78 is 0. The molecule has 0 N–H and O–H groups in total. The Kier molecular flexibility index (Phi) is 9.92. The molecule has 0 aromatic carbocycles. The summed E-state index contributed by atoms with van der Waals surface area (Å²) in [4.78, 5) is 13.3. The van der Waals surface area contributed by atoms with E-state index >= 15 is 0 Å². The van der Waals surface area contributed by atoms with Gasteiger partial charge in [-0.25, -0.2) is 0 Å². The van der Waals surface area contributed by atoms with Gasteiger partial charge < -0.3 is 16.7 Å². The van der Waals surface area contributed by atoms with Crippen LogP contribution in [-0.2, 0) is 37.5 Å². The summed E-state index contributed by atoms with van der Waals surface area (Å²) in [5.41, 5.74) is -0.415. The van der Waals surface area contributed by atoms with Crippen LogP contribution in [0, 0.1) is 19.0 Å². The third kappa shape index (κ3) is 8.47. The van der Waals surface area contributed by atoms with Gasteiger partial charge in [-0.1, -0.05) is 41.5 Å². The van der Waals surface area contributed by atoms with Crippen LogP contribution in [0.2, 0.25) is 0 Å². The van der Waals surface area contributed by atoms with E-state index in [9.17, 15) is 4.79 Å². The molecule has 2 nitrogen and oxygen atoms in total. The molecule has 0 saturated heterocycles. The van der Waals surface area contributed by atoms with Crippen LogP contribution in [-0.4, -0.2) is 24.6 Å². The molecule has 0 aromatic heterocycles. The molecular formula is C11H22BNOY-2. The van der Waals surface area contributed by atoms with Crippen molar-refractivity contribution in [2.45, 2.75) is 47.1 Å². The molecule has 3 radical (unpaired) electrons. The zero-order valence-corrected chi connectivity index (χ0v) is 13.8. The number of hydrogen-bond donors (Lipinski definition) is 0. The minimum Gasteiger partial charge on any atom is -0.584 e. The molecule has 0 aliphatic heterocycles. The zero-order valence-electron chi connectivity index (χ0n) is 10.9. The topological polar surface area (TPSA) is 20.3 Å². The van der Waals surface area contributed by atoms with Crippen LogP contribution < -0.4 is 0 Å². The molecule has 0 amide bonds. The molecule has 0 rings (SSSR count). The molecule has 0 spiro atoms. The Bertz CT molecular complexity index is 194. The van der Waals surface area contributed by atoms with Gasteiger partial charge in [-0.2, -0.15) is 0 Å². The predicted octanol–water partition coefficient (Wildman–Crippen LogP) is 2.00. The van der Waals surface area contributed by atoms with E-state index in [1.165, 1.54) is 0 Å². The van der Waals surface area contributed by atoms with E-state index in [2.05, 4.69) is 7.05 Å². The van der Waals surface area contributed by atoms with Crippen LogP contribution in [0.25, 0.3) is 0 Å². The Hall–Kier alpha value is 0.669. The largest absolute Gasteiger partial charge is 0.584 e. The summed E-state index contributed by atoms with van der Waals surface area (Å²) in [6.07, 6.45) is 0. The Morgan fingerprint density at radius 3 is 1.67 bits per heavy atom. The van der Waals surface area contributed by atoms with E-state index in [1.54, 1.807) is 11.4 Å². The number of nitrogens with zero attached hydrogens (tertiary/aromatic N) is 1. The van der Waals surface area contributed by atoms with Gasteiger partial charge in [0.15, 0.2) is 0 Å². The second-order valence-electron chi connectivity index (χ2n) is 5.38. The Labute approximate surface area is 122 Å². The number of rotatable bonds is 2. The second-order valence-corrected chi connectivity index (χ2v) is 5.38. The van der Waals surface area contributed by atoms with Crippen molar-refractivity contribution < 1.29 is 37.5 Å². The van der Waals surface area contributed by atoms with Crippen molar-refractivity contribution in [1.82, 2.24) is 4.90 Å². The van der Waals surface area contributed by atoms with Gasteiger partial charge in [0.05, 0.1) is 0 Å². The number of ketones is 1. The van der Waals surface area contributed by atoms with Crippen LogP contribution in [0.1, 0.15) is 41.5 Å². The van der Waals surface area contributed by atoms with Gasteiger partial charge in [0.2, 0.25) is 0 Å². The van der Waals surface area contributed by atoms with E-state index in [4.69, 9.17) is 0 Å². The van der Waals surface area contributed by atoms with Crippen molar-refractivity contribution in [3.8, 4) is 0 Å². The average Bonchev–Trinajstić information content (AvgIpc) is 1.82. The van der Waals surface area contributed by atoms with Crippen molar-refractivity contribution in [3.63, 3.8) is 0 Å². The summed E-state index contributed by atoms with van der Waals surface area (Å²) in [6.45, 7) is 13.4. The minimum atomic E-state index is -0.318. The molecule has 0 bridgehead atoms. The predicted molar refractivity (Wildman–Crippen MR) is 62.9 cm³/mol. The zero-order chi connectivity index (χ0) is 10.9. The molecule has 0 saturated carbocycles. The van der Waals surface area contributed by atoms with Crippen molar-refractivity contribution in [1.29, 1.82) is 0 Å². The van der Waals surface area contributed by atoms with Gasteiger partial charge >= 0.3 is 0 Å². The molecule has 0 aliphatic carbocycles. The van der Waals surface area contributed by atoms with Gasteiger partial charge in [0, 0.05) is 46.9 Å². The monoisotopic (exact) mass is 284 g/mol. The van der Waals surface area contributed by atoms with E-state index in [-0.39, 0.29) is 57.9 Å². The maximum absolute atomic E-state index is 11.6. The minimum absolute atomic E-state index is 0. The van der Waals surface area contributed by atoms with Gasteiger partial charge in [-0.05, 0) is 11.0 Å². The smallest absolute Gasteiger partial charge is 0.0379 e. The number of Topliss-reactive ketones (excluding diaryl/α,β-unsaturated/α-hetero) is 1. The van der Waals surface area contributed by atoms with Crippen LogP contribution in [0.3, 0.4) is 0 Å². The summed E-state index contributed by atoms with van der Waals surface area (Å²) in [5.74, 6) is 0.109. The molecule has 4 heteroatoms. The van der Waals surface area contributed by atoms with E-state index in [1.807, 2.05) is 41.5 Å². The molecule has 0 aliphatic rings. The fraction of sp³-hybridized carbons (Fsp3) is 0.727. The fourth-order valence-corrected chi connectivity index (χ4v) is 0.529. The molecular weight excluding hydrogens is 262 g/mol. The Morgan fingerprint density at radius 2 is 1.47 bits per heavy atom. The molecule has 85 valence electrons. The van der Waals surface area contributed by atoms with E-state index in [0.29, 0.717) is 0 Å². The van der Waals surface area contributed by atoms with Crippen LogP contribution in [0.15, 0.2) is 0 Å². The van der Waals surface area contributed by atoms with Crippen LogP contribution in [0.4, 0.5) is 0 Å². The molecule has 0 unspecified atom stereocenters. The van der Waals surface area contributed by atoms with Gasteiger partial charge in [0.1, 0.15) is 0 Å². The molecule has 0 fully saturated rings. The Balaban J connectivity index is -0.000000720. The summed E-state index contributed by atoms with van der Waals surface area (Å²) in [7, 11) is 3.82. The fourth-order valence-electron chi connectivity index (χ4n) is 0.529. The SMILES string of the molecule is [BH].[CH2-]N([CH-]C(=O)C(C)(C)C)C(C)(C)C.[Y]. The number of carbonyl (C=O) groups is 1. The first kappa shape index (κ1) is 21.0. The standard InChI is InChI=1S/C11H21NO.BH.Y/c1-10(2,3)9(13)8-12(7)11(4,5)6;;/h8H,7H2,1-6H3;1H;/q-2;;. The van der Waals surface area contributed by atoms with E-state index < -0.39 is 0 Å².